The van der Waals surface area contributed by atoms with Crippen molar-refractivity contribution in [3.63, 3.8) is 0 Å². The molecule has 3 N–H and O–H groups in total. The summed E-state index contributed by atoms with van der Waals surface area (Å²) in [6, 6.07) is -0.0443. The van der Waals surface area contributed by atoms with Crippen LogP contribution in [0, 0.1) is 38.5 Å². The third kappa shape index (κ3) is 6.89. The summed E-state index contributed by atoms with van der Waals surface area (Å²) >= 11 is 0. The largest absolute Gasteiger partial charge is 0.507 e. The Bertz CT molecular complexity index is 741. The summed E-state index contributed by atoms with van der Waals surface area (Å²) in [7, 11) is 0. The Morgan fingerprint density at radius 2 is 1.41 bits per heavy atom. The zero-order valence-electron chi connectivity index (χ0n) is 22.3. The minimum absolute atomic E-state index is 0.0443. The van der Waals surface area contributed by atoms with Gasteiger partial charge in [0.15, 0.2) is 0 Å². The Morgan fingerprint density at radius 3 is 1.97 bits per heavy atom. The third-order valence-corrected chi connectivity index (χ3v) is 8.13. The lowest BCUT2D eigenvalue weighted by atomic mass is 9.80. The molecule has 3 nitrogen and oxygen atoms in total. The second-order valence-electron chi connectivity index (χ2n) is 11.6. The molecule has 0 spiro atoms. The third-order valence-electron chi connectivity index (χ3n) is 8.13. The van der Waals surface area contributed by atoms with Crippen molar-refractivity contribution in [1.29, 1.82) is 0 Å². The van der Waals surface area contributed by atoms with E-state index in [1.807, 2.05) is 13.8 Å². The van der Waals surface area contributed by atoms with E-state index in [2.05, 4.69) is 41.5 Å². The molecule has 1 unspecified atom stereocenters. The van der Waals surface area contributed by atoms with Gasteiger partial charge in [-0.3, -0.25) is 0 Å². The smallest absolute Gasteiger partial charge is 0.127 e. The van der Waals surface area contributed by atoms with Crippen LogP contribution in [0.3, 0.4) is 0 Å². The van der Waals surface area contributed by atoms with Gasteiger partial charge in [-0.25, -0.2) is 0 Å². The lowest BCUT2D eigenvalue weighted by molar-refractivity contribution is 0.0323. The summed E-state index contributed by atoms with van der Waals surface area (Å²) in [5.41, 5.74) is 10.3. The van der Waals surface area contributed by atoms with Crippen molar-refractivity contribution in [2.45, 2.75) is 131 Å². The summed E-state index contributed by atoms with van der Waals surface area (Å²) < 4.78 is 6.59. The van der Waals surface area contributed by atoms with Gasteiger partial charge in [-0.2, -0.15) is 0 Å². The Kier molecular flexibility index (Phi) is 9.94. The van der Waals surface area contributed by atoms with Crippen LogP contribution in [0.15, 0.2) is 0 Å². The van der Waals surface area contributed by atoms with Crippen LogP contribution < -0.4 is 10.5 Å². The van der Waals surface area contributed by atoms with Crippen LogP contribution in [-0.2, 0) is 6.42 Å². The zero-order valence-corrected chi connectivity index (χ0v) is 22.3. The van der Waals surface area contributed by atoms with Crippen LogP contribution in [-0.4, -0.2) is 16.7 Å². The predicted octanol–water partition coefficient (Wildman–Crippen LogP) is 7.78. The van der Waals surface area contributed by atoms with Gasteiger partial charge >= 0.3 is 0 Å². The van der Waals surface area contributed by atoms with Crippen LogP contribution >= 0.6 is 0 Å². The molecule has 1 aliphatic heterocycles. The van der Waals surface area contributed by atoms with Crippen molar-refractivity contribution in [2.24, 2.45) is 23.5 Å². The fourth-order valence-electron chi connectivity index (χ4n) is 5.31. The van der Waals surface area contributed by atoms with Crippen molar-refractivity contribution in [3.8, 4) is 11.5 Å². The number of hydrogen-bond donors (Lipinski definition) is 2. The van der Waals surface area contributed by atoms with Crippen molar-refractivity contribution in [2.75, 3.05) is 0 Å². The summed E-state index contributed by atoms with van der Waals surface area (Å²) in [6.07, 6.45) is 12.4. The first-order valence-electron chi connectivity index (χ1n) is 13.2. The minimum atomic E-state index is -0.335. The first-order chi connectivity index (χ1) is 15.0. The summed E-state index contributed by atoms with van der Waals surface area (Å²) in [5.74, 6) is 3.81. The summed E-state index contributed by atoms with van der Waals surface area (Å²) in [6.45, 7) is 17.7. The molecule has 0 saturated heterocycles. The number of phenolic OH excluding ortho intramolecular Hbond substituents is 1. The molecule has 2 rings (SSSR count). The molecule has 1 aliphatic rings. The second-order valence-corrected chi connectivity index (χ2v) is 11.6. The van der Waals surface area contributed by atoms with E-state index in [0.29, 0.717) is 5.75 Å². The molecule has 0 amide bonds. The second kappa shape index (κ2) is 11.8. The van der Waals surface area contributed by atoms with Gasteiger partial charge in [0, 0.05) is 11.6 Å². The Balaban J connectivity index is 1.80. The predicted molar refractivity (Wildman–Crippen MR) is 138 cm³/mol. The molecule has 3 heteroatoms. The van der Waals surface area contributed by atoms with Gasteiger partial charge in [-0.15, -0.1) is 0 Å². The van der Waals surface area contributed by atoms with E-state index in [-0.39, 0.29) is 11.6 Å². The number of nitrogens with two attached hydrogens (primary N) is 1. The SMILES string of the molecule is Cc1c(C)c2c(c(C)c1O)CC(N)[C@](C)(CCC[C@H](C)CCC[C@@H](C)CCCC(C)C)O2. The molecule has 4 atom stereocenters. The first kappa shape index (κ1) is 27.0. The highest BCUT2D eigenvalue weighted by molar-refractivity contribution is 5.58. The lowest BCUT2D eigenvalue weighted by Crippen LogP contribution is -2.54. The highest BCUT2D eigenvalue weighted by Crippen LogP contribution is 2.44. The number of benzene rings is 1. The van der Waals surface area contributed by atoms with Crippen LogP contribution in [0.4, 0.5) is 0 Å². The van der Waals surface area contributed by atoms with Gasteiger partial charge in [-0.1, -0.05) is 72.6 Å². The quantitative estimate of drug-likeness (QED) is 0.345. The normalized spacial score (nSPS) is 22.5. The summed E-state index contributed by atoms with van der Waals surface area (Å²) in [4.78, 5) is 0. The fraction of sp³-hybridized carbons (Fsp3) is 0.793. The fourth-order valence-corrected chi connectivity index (χ4v) is 5.31. The van der Waals surface area contributed by atoms with Gasteiger partial charge < -0.3 is 15.6 Å². The van der Waals surface area contributed by atoms with Gasteiger partial charge in [0.2, 0.25) is 0 Å². The Morgan fingerprint density at radius 1 is 0.875 bits per heavy atom. The molecule has 0 fully saturated rings. The maximum Gasteiger partial charge on any atom is 0.127 e. The molecule has 0 radical (unpaired) electrons. The van der Waals surface area contributed by atoms with E-state index in [9.17, 15) is 5.11 Å². The monoisotopic (exact) mass is 445 g/mol. The molecule has 0 aromatic heterocycles. The highest BCUT2D eigenvalue weighted by atomic mass is 16.5. The standard InChI is InChI=1S/C29H51NO2/c1-19(2)12-9-13-20(3)14-10-15-21(4)16-11-17-29(8)26(30)18-25-24(7)27(31)22(5)23(6)28(25)32-29/h19-21,26,31H,9-18,30H2,1-8H3/t20-,21+,26?,29-/m0/s1. The Labute approximate surface area is 198 Å². The molecule has 1 heterocycles. The first-order valence-corrected chi connectivity index (χ1v) is 13.2. The molecule has 0 saturated carbocycles. The number of rotatable bonds is 12. The van der Waals surface area contributed by atoms with E-state index in [0.717, 1.165) is 65.0 Å². The molecule has 0 aliphatic carbocycles. The van der Waals surface area contributed by atoms with Gasteiger partial charge in [0.05, 0.1) is 0 Å². The van der Waals surface area contributed by atoms with Crippen LogP contribution in [0.2, 0.25) is 0 Å². The Hall–Kier alpha value is -1.22. The molecule has 1 aromatic carbocycles. The number of fused-ring (bicyclic) bond motifs is 1. The van der Waals surface area contributed by atoms with E-state index < -0.39 is 0 Å². The van der Waals surface area contributed by atoms with E-state index in [1.165, 1.54) is 44.9 Å². The van der Waals surface area contributed by atoms with E-state index in [1.54, 1.807) is 0 Å². The topological polar surface area (TPSA) is 55.5 Å². The molecule has 32 heavy (non-hydrogen) atoms. The minimum Gasteiger partial charge on any atom is -0.507 e. The number of phenols is 1. The number of hydrogen-bond acceptors (Lipinski definition) is 3. The van der Waals surface area contributed by atoms with Crippen molar-refractivity contribution >= 4 is 0 Å². The van der Waals surface area contributed by atoms with Crippen LogP contribution in [0.5, 0.6) is 11.5 Å². The van der Waals surface area contributed by atoms with Gasteiger partial charge in [-0.05, 0) is 81.4 Å². The van der Waals surface area contributed by atoms with Crippen molar-refractivity contribution in [1.82, 2.24) is 0 Å². The molecule has 1 aromatic rings. The molecule has 0 bridgehead atoms. The number of ether oxygens (including phenoxy) is 1. The summed E-state index contributed by atoms with van der Waals surface area (Å²) in [5, 5.41) is 10.4. The van der Waals surface area contributed by atoms with Gasteiger partial charge in [0.25, 0.3) is 0 Å². The van der Waals surface area contributed by atoms with Crippen LogP contribution in [0.1, 0.15) is 115 Å². The maximum atomic E-state index is 10.4. The van der Waals surface area contributed by atoms with Crippen LogP contribution in [0.25, 0.3) is 0 Å². The highest BCUT2D eigenvalue weighted by Gasteiger charge is 2.40. The van der Waals surface area contributed by atoms with Crippen molar-refractivity contribution < 1.29 is 9.84 Å². The maximum absolute atomic E-state index is 10.4. The zero-order chi connectivity index (χ0) is 24.1. The average molecular weight is 446 g/mol. The van der Waals surface area contributed by atoms with E-state index in [4.69, 9.17) is 10.5 Å². The average Bonchev–Trinajstić information content (AvgIpc) is 2.72. The number of aromatic hydroxyl groups is 1. The lowest BCUT2D eigenvalue weighted by Gasteiger charge is -2.42. The van der Waals surface area contributed by atoms with Gasteiger partial charge in [0.1, 0.15) is 17.1 Å². The van der Waals surface area contributed by atoms with Crippen molar-refractivity contribution in [3.05, 3.63) is 22.3 Å². The molecular weight excluding hydrogens is 394 g/mol. The molecular formula is C29H51NO2. The van der Waals surface area contributed by atoms with E-state index >= 15 is 0 Å². The molecule has 184 valence electrons.